The Balaban J connectivity index is 1.98. The molecule has 2 rings (SSSR count). The van der Waals surface area contributed by atoms with E-state index in [0.717, 1.165) is 12.0 Å². The molecule has 2 aromatic rings. The van der Waals surface area contributed by atoms with Crippen LogP contribution in [0.1, 0.15) is 36.6 Å². The quantitative estimate of drug-likeness (QED) is 0.780. The van der Waals surface area contributed by atoms with Gasteiger partial charge in [0.05, 0.1) is 0 Å². The lowest BCUT2D eigenvalue weighted by Crippen LogP contribution is -2.18. The average Bonchev–Trinajstić information content (AvgIpc) is 2.46. The molecule has 0 radical (unpaired) electrons. The van der Waals surface area contributed by atoms with Crippen LogP contribution in [0, 0.1) is 0 Å². The highest BCUT2D eigenvalue weighted by atomic mass is 16.3. The Bertz CT molecular complexity index is 564. The molecule has 0 aliphatic rings. The number of aromatic hydroxyl groups is 2. The molecule has 106 valence electrons. The molecule has 0 saturated heterocycles. The predicted molar refractivity (Wildman–Crippen MR) is 80.8 cm³/mol. The van der Waals surface area contributed by atoms with Gasteiger partial charge in [0.1, 0.15) is 11.5 Å². The van der Waals surface area contributed by atoms with Gasteiger partial charge in [0, 0.05) is 24.2 Å². The predicted octanol–water partition coefficient (Wildman–Crippen LogP) is 3.51. The Labute approximate surface area is 119 Å². The van der Waals surface area contributed by atoms with Crippen LogP contribution < -0.4 is 5.32 Å². The Morgan fingerprint density at radius 2 is 1.75 bits per heavy atom. The van der Waals surface area contributed by atoms with Gasteiger partial charge in [-0.25, -0.2) is 0 Å². The van der Waals surface area contributed by atoms with Gasteiger partial charge in [-0.1, -0.05) is 37.3 Å². The van der Waals surface area contributed by atoms with Crippen molar-refractivity contribution in [2.45, 2.75) is 32.9 Å². The molecule has 20 heavy (non-hydrogen) atoms. The summed E-state index contributed by atoms with van der Waals surface area (Å²) in [5, 5.41) is 22.4. The van der Waals surface area contributed by atoms with Crippen LogP contribution in [0.5, 0.6) is 11.5 Å². The highest BCUT2D eigenvalue weighted by Gasteiger charge is 2.07. The van der Waals surface area contributed by atoms with Gasteiger partial charge in [-0.15, -0.1) is 0 Å². The molecule has 0 spiro atoms. The first-order valence-corrected chi connectivity index (χ1v) is 6.93. The zero-order chi connectivity index (χ0) is 14.5. The summed E-state index contributed by atoms with van der Waals surface area (Å²) in [5.41, 5.74) is 3.33. The number of hydrogen-bond donors (Lipinski definition) is 3. The summed E-state index contributed by atoms with van der Waals surface area (Å²) in [6, 6.07) is 13.4. The second kappa shape index (κ2) is 6.44. The van der Waals surface area contributed by atoms with Crippen LogP contribution in [0.2, 0.25) is 0 Å². The first-order valence-electron chi connectivity index (χ1n) is 6.93. The fourth-order valence-corrected chi connectivity index (χ4v) is 2.12. The van der Waals surface area contributed by atoms with Crippen LogP contribution in [0.15, 0.2) is 42.5 Å². The molecule has 0 saturated carbocycles. The molecule has 3 heteroatoms. The van der Waals surface area contributed by atoms with Gasteiger partial charge in [-0.3, -0.25) is 0 Å². The van der Waals surface area contributed by atoms with E-state index < -0.39 is 0 Å². The maximum Gasteiger partial charge on any atom is 0.123 e. The summed E-state index contributed by atoms with van der Waals surface area (Å²) in [6.07, 6.45) is 1.05. The summed E-state index contributed by atoms with van der Waals surface area (Å²) < 4.78 is 0. The topological polar surface area (TPSA) is 52.5 Å². The van der Waals surface area contributed by atoms with Crippen LogP contribution in [-0.2, 0) is 13.0 Å². The minimum absolute atomic E-state index is 0.0782. The lowest BCUT2D eigenvalue weighted by molar-refractivity contribution is 0.441. The van der Waals surface area contributed by atoms with Crippen molar-refractivity contribution in [3.8, 4) is 11.5 Å². The van der Waals surface area contributed by atoms with E-state index in [9.17, 15) is 10.2 Å². The number of nitrogens with one attached hydrogen (secondary N) is 1. The van der Waals surface area contributed by atoms with E-state index in [0.29, 0.717) is 6.54 Å². The Kier molecular flexibility index (Phi) is 4.64. The van der Waals surface area contributed by atoms with E-state index in [1.165, 1.54) is 17.2 Å². The fraction of sp³-hybridized carbons (Fsp3) is 0.294. The molecule has 1 unspecified atom stereocenters. The van der Waals surface area contributed by atoms with E-state index >= 15 is 0 Å². The van der Waals surface area contributed by atoms with Gasteiger partial charge in [0.2, 0.25) is 0 Å². The van der Waals surface area contributed by atoms with Gasteiger partial charge < -0.3 is 15.5 Å². The minimum atomic E-state index is 0.0782. The average molecular weight is 271 g/mol. The van der Waals surface area contributed by atoms with Crippen molar-refractivity contribution in [2.24, 2.45) is 0 Å². The van der Waals surface area contributed by atoms with Gasteiger partial charge >= 0.3 is 0 Å². The number of phenols is 2. The first-order chi connectivity index (χ1) is 9.60. The molecule has 0 fully saturated rings. The summed E-state index contributed by atoms with van der Waals surface area (Å²) in [4.78, 5) is 0. The number of hydrogen-bond acceptors (Lipinski definition) is 3. The van der Waals surface area contributed by atoms with Crippen molar-refractivity contribution in [1.29, 1.82) is 0 Å². The lowest BCUT2D eigenvalue weighted by atomic mass is 10.0. The second-order valence-corrected chi connectivity index (χ2v) is 5.01. The fourth-order valence-electron chi connectivity index (χ4n) is 2.12. The zero-order valence-electron chi connectivity index (χ0n) is 11.9. The third kappa shape index (κ3) is 3.52. The van der Waals surface area contributed by atoms with Crippen LogP contribution in [0.25, 0.3) is 0 Å². The Hall–Kier alpha value is -2.00. The van der Waals surface area contributed by atoms with Gasteiger partial charge in [-0.2, -0.15) is 0 Å². The monoisotopic (exact) mass is 271 g/mol. The third-order valence-corrected chi connectivity index (χ3v) is 3.56. The summed E-state index contributed by atoms with van der Waals surface area (Å²) >= 11 is 0. The van der Waals surface area contributed by atoms with Crippen LogP contribution in [0.3, 0.4) is 0 Å². The molecule has 3 N–H and O–H groups in total. The largest absolute Gasteiger partial charge is 0.508 e. The van der Waals surface area contributed by atoms with E-state index in [1.54, 1.807) is 12.1 Å². The number of benzene rings is 2. The van der Waals surface area contributed by atoms with E-state index in [2.05, 4.69) is 43.4 Å². The van der Waals surface area contributed by atoms with Crippen LogP contribution >= 0.6 is 0 Å². The smallest absolute Gasteiger partial charge is 0.123 e. The summed E-state index contributed by atoms with van der Waals surface area (Å²) in [6.45, 7) is 4.80. The minimum Gasteiger partial charge on any atom is -0.508 e. The molecule has 0 heterocycles. The molecule has 0 aromatic heterocycles. The molecule has 0 aliphatic carbocycles. The highest BCUT2D eigenvalue weighted by molar-refractivity contribution is 5.39. The van der Waals surface area contributed by atoms with Crippen molar-refractivity contribution < 1.29 is 10.2 Å². The molecule has 0 amide bonds. The molecular formula is C17H21NO2. The maximum atomic E-state index is 9.74. The number of phenolic OH excluding ortho intramolecular Hbond substituents is 2. The number of rotatable bonds is 5. The molecule has 0 aliphatic heterocycles. The molecule has 3 nitrogen and oxygen atoms in total. The standard InChI is InChI=1S/C17H21NO2/c1-3-13-4-6-14(7-5-13)12(2)18-11-15-8-9-16(19)10-17(15)20/h4-10,12,18-20H,3,11H2,1-2H3. The van der Waals surface area contributed by atoms with Gasteiger partial charge in [0.15, 0.2) is 0 Å². The van der Waals surface area contributed by atoms with Crippen LogP contribution in [0.4, 0.5) is 0 Å². The third-order valence-electron chi connectivity index (χ3n) is 3.56. The van der Waals surface area contributed by atoms with Crippen molar-refractivity contribution in [2.75, 3.05) is 0 Å². The van der Waals surface area contributed by atoms with E-state index in [1.807, 2.05) is 0 Å². The maximum absolute atomic E-state index is 9.74. The van der Waals surface area contributed by atoms with Gasteiger partial charge in [0.25, 0.3) is 0 Å². The molecule has 0 bridgehead atoms. The van der Waals surface area contributed by atoms with Crippen molar-refractivity contribution in [1.82, 2.24) is 5.32 Å². The first kappa shape index (κ1) is 14.4. The highest BCUT2D eigenvalue weighted by Crippen LogP contribution is 2.23. The van der Waals surface area contributed by atoms with E-state index in [-0.39, 0.29) is 17.5 Å². The zero-order valence-corrected chi connectivity index (χ0v) is 11.9. The lowest BCUT2D eigenvalue weighted by Gasteiger charge is -2.15. The second-order valence-electron chi connectivity index (χ2n) is 5.01. The molecule has 2 aromatic carbocycles. The van der Waals surface area contributed by atoms with Crippen molar-refractivity contribution in [3.05, 3.63) is 59.2 Å². The summed E-state index contributed by atoms with van der Waals surface area (Å²) in [7, 11) is 0. The SMILES string of the molecule is CCc1ccc(C(C)NCc2ccc(O)cc2O)cc1. The van der Waals surface area contributed by atoms with E-state index in [4.69, 9.17) is 0 Å². The summed E-state index contributed by atoms with van der Waals surface area (Å²) in [5.74, 6) is 0.195. The Morgan fingerprint density at radius 1 is 1.05 bits per heavy atom. The van der Waals surface area contributed by atoms with Gasteiger partial charge in [-0.05, 0) is 30.5 Å². The molecular weight excluding hydrogens is 250 g/mol. The molecule has 1 atom stereocenters. The van der Waals surface area contributed by atoms with Crippen molar-refractivity contribution >= 4 is 0 Å². The van der Waals surface area contributed by atoms with Crippen LogP contribution in [-0.4, -0.2) is 10.2 Å². The van der Waals surface area contributed by atoms with Crippen molar-refractivity contribution in [3.63, 3.8) is 0 Å². The number of aryl methyl sites for hydroxylation is 1. The Morgan fingerprint density at radius 3 is 2.35 bits per heavy atom. The normalized spacial score (nSPS) is 12.3.